The van der Waals surface area contributed by atoms with Gasteiger partial charge in [0.2, 0.25) is 5.91 Å². The third-order valence-corrected chi connectivity index (χ3v) is 6.49. The van der Waals surface area contributed by atoms with E-state index in [1.807, 2.05) is 48.5 Å². The first-order chi connectivity index (χ1) is 13.4. The third-order valence-electron chi connectivity index (χ3n) is 4.40. The predicted molar refractivity (Wildman–Crippen MR) is 109 cm³/mol. The van der Waals surface area contributed by atoms with Crippen LogP contribution in [0.15, 0.2) is 53.6 Å². The number of benzene rings is 2. The zero-order valence-corrected chi connectivity index (χ0v) is 16.7. The quantitative estimate of drug-likeness (QED) is 0.550. The fourth-order valence-electron chi connectivity index (χ4n) is 2.92. The van der Waals surface area contributed by atoms with Crippen molar-refractivity contribution in [1.82, 2.24) is 5.43 Å². The van der Waals surface area contributed by atoms with E-state index < -0.39 is 9.84 Å². The molecule has 1 aliphatic heterocycles. The lowest BCUT2D eigenvalue weighted by atomic mass is 10.1. The van der Waals surface area contributed by atoms with Crippen molar-refractivity contribution >= 4 is 33.6 Å². The maximum absolute atomic E-state index is 11.8. The molecule has 6 nitrogen and oxygen atoms in total. The minimum Gasteiger partial charge on any atom is -0.489 e. The van der Waals surface area contributed by atoms with Gasteiger partial charge in [0.25, 0.3) is 0 Å². The fraction of sp³-hybridized carbons (Fsp3) is 0.300. The summed E-state index contributed by atoms with van der Waals surface area (Å²) in [7, 11) is -2.97. The summed E-state index contributed by atoms with van der Waals surface area (Å²) in [5.74, 6) is 0.583. The van der Waals surface area contributed by atoms with E-state index in [-0.39, 0.29) is 29.8 Å². The van der Waals surface area contributed by atoms with Crippen LogP contribution in [0.1, 0.15) is 24.0 Å². The number of sulfone groups is 1. The minimum atomic E-state index is -2.97. The monoisotopic (exact) mass is 420 g/mol. The standard InChI is InChI=1S/C20H21ClN2O4S/c21-18-5-1-16(2-6-18)13-27-19-7-3-15(4-8-19)12-22-23-20(24)11-17-9-10-28(25,26)14-17/h1-8,12,17H,9-11,13-14H2,(H,23,24)/b22-12-/t17-/m1/s1. The van der Waals surface area contributed by atoms with Crippen LogP contribution in [0, 0.1) is 5.92 Å². The molecule has 2 aromatic rings. The number of hydrogen-bond donors (Lipinski definition) is 1. The van der Waals surface area contributed by atoms with E-state index in [1.165, 1.54) is 6.21 Å². The van der Waals surface area contributed by atoms with Gasteiger partial charge >= 0.3 is 0 Å². The number of hydrazone groups is 1. The molecule has 0 bridgehead atoms. The second kappa shape index (κ2) is 9.21. The van der Waals surface area contributed by atoms with Gasteiger partial charge < -0.3 is 4.74 Å². The topological polar surface area (TPSA) is 84.8 Å². The number of carbonyl (C=O) groups excluding carboxylic acids is 1. The van der Waals surface area contributed by atoms with Gasteiger partial charge in [0.05, 0.1) is 17.7 Å². The lowest BCUT2D eigenvalue weighted by Crippen LogP contribution is -2.21. The molecule has 1 fully saturated rings. The van der Waals surface area contributed by atoms with Crippen molar-refractivity contribution in [3.63, 3.8) is 0 Å². The molecule has 8 heteroatoms. The lowest BCUT2D eigenvalue weighted by molar-refractivity contribution is -0.121. The summed E-state index contributed by atoms with van der Waals surface area (Å²) in [5.41, 5.74) is 4.27. The Morgan fingerprint density at radius 1 is 1.18 bits per heavy atom. The van der Waals surface area contributed by atoms with E-state index in [0.717, 1.165) is 16.9 Å². The highest BCUT2D eigenvalue weighted by Gasteiger charge is 2.29. The van der Waals surface area contributed by atoms with Gasteiger partial charge in [-0.2, -0.15) is 5.10 Å². The third kappa shape index (κ3) is 6.35. The maximum Gasteiger partial charge on any atom is 0.240 e. The van der Waals surface area contributed by atoms with E-state index in [9.17, 15) is 13.2 Å². The van der Waals surface area contributed by atoms with Crippen LogP contribution in [0.2, 0.25) is 5.02 Å². The maximum atomic E-state index is 11.8. The zero-order valence-electron chi connectivity index (χ0n) is 15.2. The second-order valence-electron chi connectivity index (χ2n) is 6.75. The van der Waals surface area contributed by atoms with Crippen molar-refractivity contribution in [2.24, 2.45) is 11.0 Å². The molecule has 0 aliphatic carbocycles. The smallest absolute Gasteiger partial charge is 0.240 e. The number of nitrogens with zero attached hydrogens (tertiary/aromatic N) is 1. The number of carbonyl (C=O) groups is 1. The molecule has 1 atom stereocenters. The predicted octanol–water partition coefficient (Wildman–Crippen LogP) is 3.19. The highest BCUT2D eigenvalue weighted by Crippen LogP contribution is 2.21. The van der Waals surface area contributed by atoms with Gasteiger partial charge in [0.1, 0.15) is 12.4 Å². The first-order valence-corrected chi connectivity index (χ1v) is 11.1. The van der Waals surface area contributed by atoms with Crippen LogP contribution in [-0.2, 0) is 21.2 Å². The van der Waals surface area contributed by atoms with Crippen LogP contribution in [0.5, 0.6) is 5.75 Å². The van der Waals surface area contributed by atoms with Gasteiger partial charge in [-0.3, -0.25) is 4.79 Å². The van der Waals surface area contributed by atoms with Crippen molar-refractivity contribution < 1.29 is 17.9 Å². The molecular weight excluding hydrogens is 400 g/mol. The molecule has 2 aromatic carbocycles. The van der Waals surface area contributed by atoms with Crippen molar-refractivity contribution in [2.75, 3.05) is 11.5 Å². The molecule has 1 N–H and O–H groups in total. The van der Waals surface area contributed by atoms with Gasteiger partial charge in [-0.05, 0) is 59.9 Å². The molecule has 1 amide bonds. The summed E-state index contributed by atoms with van der Waals surface area (Å²) in [6.45, 7) is 0.442. The van der Waals surface area contributed by atoms with Gasteiger partial charge in [0, 0.05) is 11.4 Å². The number of amides is 1. The van der Waals surface area contributed by atoms with Gasteiger partial charge in [-0.15, -0.1) is 0 Å². The van der Waals surface area contributed by atoms with Crippen LogP contribution >= 0.6 is 11.6 Å². The Bertz CT molecular complexity index is 941. The Morgan fingerprint density at radius 3 is 2.54 bits per heavy atom. The van der Waals surface area contributed by atoms with Crippen molar-refractivity contribution in [1.29, 1.82) is 0 Å². The van der Waals surface area contributed by atoms with Crippen LogP contribution < -0.4 is 10.2 Å². The molecule has 28 heavy (non-hydrogen) atoms. The Balaban J connectivity index is 1.43. The highest BCUT2D eigenvalue weighted by molar-refractivity contribution is 7.91. The molecule has 148 valence electrons. The van der Waals surface area contributed by atoms with Crippen LogP contribution in [0.4, 0.5) is 0 Å². The van der Waals surface area contributed by atoms with Crippen molar-refractivity contribution in [2.45, 2.75) is 19.4 Å². The zero-order chi connectivity index (χ0) is 20.0. The normalized spacial score (nSPS) is 18.2. The molecule has 0 aromatic heterocycles. The molecular formula is C20H21ClN2O4S. The Hall–Kier alpha value is -2.38. The average Bonchev–Trinajstić information content (AvgIpc) is 3.00. The van der Waals surface area contributed by atoms with Crippen LogP contribution in [0.3, 0.4) is 0 Å². The number of ether oxygens (including phenoxy) is 1. The molecule has 0 unspecified atom stereocenters. The highest BCUT2D eigenvalue weighted by atomic mass is 35.5. The summed E-state index contributed by atoms with van der Waals surface area (Å²) in [6, 6.07) is 14.8. The van der Waals surface area contributed by atoms with E-state index in [0.29, 0.717) is 18.1 Å². The van der Waals surface area contributed by atoms with Crippen LogP contribution in [-0.4, -0.2) is 32.0 Å². The SMILES string of the molecule is O=C(C[C@H]1CCS(=O)(=O)C1)N/N=C\c1ccc(OCc2ccc(Cl)cc2)cc1. The minimum absolute atomic E-state index is 0.0849. The first kappa shape index (κ1) is 20.4. The van der Waals surface area contributed by atoms with Gasteiger partial charge in [-0.25, -0.2) is 13.8 Å². The molecule has 1 saturated heterocycles. The Kier molecular flexibility index (Phi) is 6.70. The number of rotatable bonds is 7. The number of hydrogen-bond acceptors (Lipinski definition) is 5. The molecule has 1 aliphatic rings. The Morgan fingerprint density at radius 2 is 1.89 bits per heavy atom. The van der Waals surface area contributed by atoms with Crippen molar-refractivity contribution in [3.8, 4) is 5.75 Å². The summed E-state index contributed by atoms with van der Waals surface area (Å²) in [6.07, 6.45) is 2.25. The van der Waals surface area contributed by atoms with E-state index in [1.54, 1.807) is 0 Å². The fourth-order valence-corrected chi connectivity index (χ4v) is 4.90. The average molecular weight is 421 g/mol. The van der Waals surface area contributed by atoms with Gasteiger partial charge in [-0.1, -0.05) is 23.7 Å². The van der Waals surface area contributed by atoms with E-state index >= 15 is 0 Å². The molecule has 0 spiro atoms. The molecule has 3 rings (SSSR count). The second-order valence-corrected chi connectivity index (χ2v) is 9.42. The van der Waals surface area contributed by atoms with E-state index in [2.05, 4.69) is 10.5 Å². The molecule has 0 radical (unpaired) electrons. The molecule has 0 saturated carbocycles. The lowest BCUT2D eigenvalue weighted by Gasteiger charge is -2.07. The van der Waals surface area contributed by atoms with Crippen LogP contribution in [0.25, 0.3) is 0 Å². The summed E-state index contributed by atoms with van der Waals surface area (Å²) >= 11 is 5.86. The summed E-state index contributed by atoms with van der Waals surface area (Å²) in [4.78, 5) is 11.8. The number of nitrogens with one attached hydrogen (secondary N) is 1. The molecule has 1 heterocycles. The largest absolute Gasteiger partial charge is 0.489 e. The Labute approximate surface area is 169 Å². The van der Waals surface area contributed by atoms with Crippen molar-refractivity contribution in [3.05, 3.63) is 64.7 Å². The van der Waals surface area contributed by atoms with Gasteiger partial charge in [0.15, 0.2) is 9.84 Å². The van der Waals surface area contributed by atoms with E-state index in [4.69, 9.17) is 16.3 Å². The summed E-state index contributed by atoms with van der Waals surface area (Å²) in [5, 5.41) is 4.61. The number of halogens is 1. The summed E-state index contributed by atoms with van der Waals surface area (Å²) < 4.78 is 28.5. The first-order valence-electron chi connectivity index (χ1n) is 8.89.